The maximum Gasteiger partial charge on any atom is 0.416 e. The molecule has 4 nitrogen and oxygen atoms in total. The number of aliphatic hydroxyl groups is 1. The molecular formula is C21H25F3N2O2. The first-order chi connectivity index (χ1) is 13.1. The van der Waals surface area contributed by atoms with Gasteiger partial charge in [0.25, 0.3) is 0 Å². The summed E-state index contributed by atoms with van der Waals surface area (Å²) in [4.78, 5) is 14.7. The number of nitrogens with zero attached hydrogens (tertiary/aromatic N) is 1. The van der Waals surface area contributed by atoms with Crippen LogP contribution in [0.1, 0.15) is 50.2 Å². The highest BCUT2D eigenvalue weighted by molar-refractivity contribution is 5.79. The van der Waals surface area contributed by atoms with Gasteiger partial charge in [0.2, 0.25) is 0 Å². The van der Waals surface area contributed by atoms with Crippen LogP contribution in [0, 0.1) is 17.8 Å². The van der Waals surface area contributed by atoms with Gasteiger partial charge >= 0.3 is 12.2 Å². The predicted octanol–water partition coefficient (Wildman–Crippen LogP) is 3.89. The van der Waals surface area contributed by atoms with Crippen LogP contribution in [0.4, 0.5) is 18.0 Å². The van der Waals surface area contributed by atoms with Gasteiger partial charge in [0, 0.05) is 12.6 Å². The zero-order valence-electron chi connectivity index (χ0n) is 15.8. The average Bonchev–Trinajstić information content (AvgIpc) is 2.88. The molecule has 1 heterocycles. The monoisotopic (exact) mass is 394 g/mol. The molecule has 1 aromatic rings. The van der Waals surface area contributed by atoms with E-state index in [2.05, 4.69) is 5.32 Å². The number of hydrogen-bond acceptors (Lipinski definition) is 2. The second kappa shape index (κ2) is 5.65. The van der Waals surface area contributed by atoms with E-state index in [-0.39, 0.29) is 23.9 Å². The average molecular weight is 394 g/mol. The van der Waals surface area contributed by atoms with Crippen LogP contribution in [0.15, 0.2) is 24.3 Å². The summed E-state index contributed by atoms with van der Waals surface area (Å²) in [5.41, 5.74) is -1.66. The zero-order chi connectivity index (χ0) is 19.9. The second-order valence-electron chi connectivity index (χ2n) is 9.65. The number of carbonyl (C=O) groups excluding carboxylic acids is 1. The molecule has 4 bridgehead atoms. The lowest BCUT2D eigenvalue weighted by Gasteiger charge is -2.59. The van der Waals surface area contributed by atoms with E-state index in [4.69, 9.17) is 0 Å². The Morgan fingerprint density at radius 3 is 2.46 bits per heavy atom. The smallest absolute Gasteiger partial charge is 0.390 e. The van der Waals surface area contributed by atoms with E-state index in [1.165, 1.54) is 6.07 Å². The summed E-state index contributed by atoms with van der Waals surface area (Å²) in [6.07, 6.45) is -0.00307. The Labute approximate surface area is 162 Å². The molecule has 1 aromatic carbocycles. The maximum absolute atomic E-state index is 13.1. The van der Waals surface area contributed by atoms with Crippen molar-refractivity contribution in [1.29, 1.82) is 0 Å². The fraction of sp³-hybridized carbons (Fsp3) is 0.667. The third kappa shape index (κ3) is 2.73. The third-order valence-electron chi connectivity index (χ3n) is 7.51. The van der Waals surface area contributed by atoms with Crippen LogP contribution in [0.5, 0.6) is 0 Å². The lowest BCUT2D eigenvalue weighted by molar-refractivity contribution is -0.152. The minimum absolute atomic E-state index is 0.0736. The molecule has 4 saturated carbocycles. The summed E-state index contributed by atoms with van der Waals surface area (Å²) in [7, 11) is 0. The Bertz CT molecular complexity index is 810. The van der Waals surface area contributed by atoms with E-state index in [9.17, 15) is 23.1 Å². The molecule has 5 fully saturated rings. The van der Waals surface area contributed by atoms with Crippen molar-refractivity contribution in [3.63, 3.8) is 0 Å². The lowest BCUT2D eigenvalue weighted by Crippen LogP contribution is -2.62. The molecule has 2 N–H and O–H groups in total. The number of carbonyl (C=O) groups is 1. The van der Waals surface area contributed by atoms with Gasteiger partial charge in [-0.25, -0.2) is 4.79 Å². The Hall–Kier alpha value is -1.76. The topological polar surface area (TPSA) is 52.6 Å². The SMILES string of the molecule is CC1(c2cccc(C(F)(F)F)c2)CN(C2C3CC4CC2CC(O)(C4)C3)C(=O)N1. The highest BCUT2D eigenvalue weighted by Gasteiger charge is 2.58. The Morgan fingerprint density at radius 1 is 1.18 bits per heavy atom. The van der Waals surface area contributed by atoms with Crippen LogP contribution in [-0.2, 0) is 11.7 Å². The maximum atomic E-state index is 13.1. The van der Waals surface area contributed by atoms with Crippen molar-refractivity contribution in [3.05, 3.63) is 35.4 Å². The first-order valence-corrected chi connectivity index (χ1v) is 10.1. The number of nitrogens with one attached hydrogen (secondary N) is 1. The number of rotatable bonds is 2. The van der Waals surface area contributed by atoms with E-state index < -0.39 is 22.9 Å². The van der Waals surface area contributed by atoms with Gasteiger partial charge in [0.15, 0.2) is 0 Å². The first kappa shape index (κ1) is 18.3. The molecule has 0 spiro atoms. The molecule has 6 rings (SSSR count). The van der Waals surface area contributed by atoms with Crippen LogP contribution in [0.25, 0.3) is 0 Å². The third-order valence-corrected chi connectivity index (χ3v) is 7.51. The minimum atomic E-state index is -4.41. The highest BCUT2D eigenvalue weighted by atomic mass is 19.4. The van der Waals surface area contributed by atoms with Gasteiger partial charge in [-0.2, -0.15) is 13.2 Å². The Balaban J connectivity index is 1.42. The van der Waals surface area contributed by atoms with Gasteiger partial charge in [-0.1, -0.05) is 12.1 Å². The van der Waals surface area contributed by atoms with Gasteiger partial charge in [0.1, 0.15) is 0 Å². The fourth-order valence-electron chi connectivity index (χ4n) is 6.67. The van der Waals surface area contributed by atoms with Gasteiger partial charge in [-0.3, -0.25) is 0 Å². The predicted molar refractivity (Wildman–Crippen MR) is 96.3 cm³/mol. The molecule has 4 aliphatic carbocycles. The van der Waals surface area contributed by atoms with Crippen molar-refractivity contribution >= 4 is 6.03 Å². The van der Waals surface area contributed by atoms with Crippen LogP contribution >= 0.6 is 0 Å². The van der Waals surface area contributed by atoms with Crippen molar-refractivity contribution in [1.82, 2.24) is 10.2 Å². The van der Waals surface area contributed by atoms with Crippen molar-refractivity contribution in [2.45, 2.75) is 62.4 Å². The van der Waals surface area contributed by atoms with Gasteiger partial charge in [-0.15, -0.1) is 0 Å². The fourth-order valence-corrected chi connectivity index (χ4v) is 6.67. The Morgan fingerprint density at radius 2 is 1.86 bits per heavy atom. The quantitative estimate of drug-likeness (QED) is 0.800. The van der Waals surface area contributed by atoms with Crippen LogP contribution in [0.3, 0.4) is 0 Å². The van der Waals surface area contributed by atoms with Crippen LogP contribution in [0.2, 0.25) is 0 Å². The molecule has 1 aliphatic heterocycles. The molecule has 0 radical (unpaired) electrons. The van der Waals surface area contributed by atoms with Gasteiger partial charge < -0.3 is 15.3 Å². The first-order valence-electron chi connectivity index (χ1n) is 10.1. The molecular weight excluding hydrogens is 369 g/mol. The molecule has 1 saturated heterocycles. The Kier molecular flexibility index (Phi) is 3.69. The largest absolute Gasteiger partial charge is 0.416 e. The molecule has 2 amide bonds. The number of amides is 2. The van der Waals surface area contributed by atoms with Gasteiger partial charge in [-0.05, 0) is 74.5 Å². The van der Waals surface area contributed by atoms with E-state index in [1.807, 2.05) is 4.90 Å². The molecule has 3 atom stereocenters. The van der Waals surface area contributed by atoms with Crippen LogP contribution in [-0.4, -0.2) is 34.2 Å². The van der Waals surface area contributed by atoms with E-state index in [0.717, 1.165) is 44.2 Å². The summed E-state index contributed by atoms with van der Waals surface area (Å²) in [5, 5.41) is 13.7. The molecule has 3 unspecified atom stereocenters. The minimum Gasteiger partial charge on any atom is -0.390 e. The van der Waals surface area contributed by atoms with Crippen molar-refractivity contribution in [2.75, 3.05) is 6.54 Å². The van der Waals surface area contributed by atoms with Crippen molar-refractivity contribution in [2.24, 2.45) is 17.8 Å². The summed E-state index contributed by atoms with van der Waals surface area (Å²) < 4.78 is 39.4. The summed E-state index contributed by atoms with van der Waals surface area (Å²) in [6, 6.07) is 5.12. The summed E-state index contributed by atoms with van der Waals surface area (Å²) in [6.45, 7) is 2.15. The number of alkyl halides is 3. The highest BCUT2D eigenvalue weighted by Crippen LogP contribution is 2.57. The molecule has 0 aromatic heterocycles. The molecule has 28 heavy (non-hydrogen) atoms. The van der Waals surface area contributed by atoms with E-state index >= 15 is 0 Å². The second-order valence-corrected chi connectivity index (χ2v) is 9.65. The van der Waals surface area contributed by atoms with E-state index in [1.54, 1.807) is 13.0 Å². The van der Waals surface area contributed by atoms with Crippen molar-refractivity contribution < 1.29 is 23.1 Å². The molecule has 152 valence electrons. The van der Waals surface area contributed by atoms with Gasteiger partial charge in [0.05, 0.1) is 16.7 Å². The van der Waals surface area contributed by atoms with Crippen LogP contribution < -0.4 is 5.32 Å². The number of benzene rings is 1. The summed E-state index contributed by atoms with van der Waals surface area (Å²) >= 11 is 0. The standard InChI is InChI=1S/C21H25F3N2O2/c1-19(15-3-2-4-16(7-15)21(22,23)24)11-26(18(27)25-19)17-13-5-12-6-14(17)10-20(28,8-12)9-13/h2-4,7,12-14,17,28H,5-6,8-11H2,1H3,(H,25,27). The molecule has 7 heteroatoms. The zero-order valence-corrected chi connectivity index (χ0v) is 15.8. The lowest BCUT2D eigenvalue weighted by atomic mass is 9.52. The normalized spacial score (nSPS) is 42.2. The summed E-state index contributed by atoms with van der Waals surface area (Å²) in [5.74, 6) is 1.11. The number of halogens is 3. The van der Waals surface area contributed by atoms with Crippen molar-refractivity contribution in [3.8, 4) is 0 Å². The number of hydrogen-bond donors (Lipinski definition) is 2. The van der Waals surface area contributed by atoms with E-state index in [0.29, 0.717) is 18.0 Å². The molecule has 5 aliphatic rings. The number of urea groups is 1.